The van der Waals surface area contributed by atoms with Gasteiger partial charge < -0.3 is 19.1 Å². The van der Waals surface area contributed by atoms with Crippen molar-refractivity contribution in [3.8, 4) is 11.5 Å². The summed E-state index contributed by atoms with van der Waals surface area (Å²) in [4.78, 5) is 19.2. The van der Waals surface area contributed by atoms with E-state index in [2.05, 4.69) is 4.99 Å². The van der Waals surface area contributed by atoms with Crippen molar-refractivity contribution in [2.75, 3.05) is 20.3 Å². The minimum Gasteiger partial charge on any atom is -0.493 e. The van der Waals surface area contributed by atoms with Crippen LogP contribution in [0.1, 0.15) is 32.4 Å². The molecule has 7 heteroatoms. The van der Waals surface area contributed by atoms with Crippen molar-refractivity contribution < 1.29 is 19.0 Å². The standard InChI is InChI=1S/C19H22N2O4S/c1-5-24-14-8-7-13(11-15(14)23-4)17-16(18(22)25-6-2)12(3)20-19-21(17)9-10-26-19/h7-11,17H,5-6H2,1-4H3. The molecular weight excluding hydrogens is 352 g/mol. The van der Waals surface area contributed by atoms with Gasteiger partial charge in [-0.1, -0.05) is 17.8 Å². The van der Waals surface area contributed by atoms with E-state index in [1.165, 1.54) is 11.8 Å². The van der Waals surface area contributed by atoms with Gasteiger partial charge in [-0.25, -0.2) is 9.79 Å². The van der Waals surface area contributed by atoms with Crippen LogP contribution in [0, 0.1) is 0 Å². The van der Waals surface area contributed by atoms with Crippen molar-refractivity contribution in [2.24, 2.45) is 4.99 Å². The van der Waals surface area contributed by atoms with Gasteiger partial charge in [-0.05, 0) is 43.9 Å². The maximum absolute atomic E-state index is 12.6. The molecule has 0 fully saturated rings. The summed E-state index contributed by atoms with van der Waals surface area (Å²) in [5.74, 6) is 0.953. The molecule has 2 aliphatic heterocycles. The van der Waals surface area contributed by atoms with Crippen molar-refractivity contribution >= 4 is 22.9 Å². The lowest BCUT2D eigenvalue weighted by atomic mass is 9.94. The average Bonchev–Trinajstić information content (AvgIpc) is 3.09. The highest BCUT2D eigenvalue weighted by Gasteiger charge is 2.37. The molecule has 0 saturated carbocycles. The van der Waals surface area contributed by atoms with E-state index in [9.17, 15) is 4.79 Å². The molecule has 6 nitrogen and oxygen atoms in total. The predicted molar refractivity (Wildman–Crippen MR) is 102 cm³/mol. The number of allylic oxidation sites excluding steroid dienone is 1. The molecule has 0 amide bonds. The van der Waals surface area contributed by atoms with Crippen molar-refractivity contribution in [2.45, 2.75) is 26.8 Å². The molecule has 0 N–H and O–H groups in total. The second kappa shape index (κ2) is 7.86. The molecule has 138 valence electrons. The minimum atomic E-state index is -0.351. The zero-order valence-electron chi connectivity index (χ0n) is 15.3. The van der Waals surface area contributed by atoms with Gasteiger partial charge in [0.1, 0.15) is 0 Å². The molecular formula is C19H22N2O4S. The third kappa shape index (κ3) is 3.31. The second-order valence-corrected chi connectivity index (χ2v) is 6.54. The topological polar surface area (TPSA) is 60.4 Å². The van der Waals surface area contributed by atoms with E-state index in [0.29, 0.717) is 36.0 Å². The largest absolute Gasteiger partial charge is 0.493 e. The Bertz CT molecular complexity index is 801. The molecule has 26 heavy (non-hydrogen) atoms. The van der Waals surface area contributed by atoms with Crippen LogP contribution in [0.3, 0.4) is 0 Å². The Labute approximate surface area is 157 Å². The molecule has 0 spiro atoms. The van der Waals surface area contributed by atoms with Crippen LogP contribution in [0.4, 0.5) is 0 Å². The number of amidine groups is 1. The highest BCUT2D eigenvalue weighted by atomic mass is 32.2. The fraction of sp³-hybridized carbons (Fsp3) is 0.368. The van der Waals surface area contributed by atoms with E-state index in [1.54, 1.807) is 14.0 Å². The Morgan fingerprint density at radius 3 is 2.77 bits per heavy atom. The van der Waals surface area contributed by atoms with Gasteiger partial charge in [-0.2, -0.15) is 0 Å². The molecule has 0 radical (unpaired) electrons. The Hall–Kier alpha value is -2.41. The van der Waals surface area contributed by atoms with E-state index in [1.807, 2.05) is 48.6 Å². The van der Waals surface area contributed by atoms with Gasteiger partial charge >= 0.3 is 5.97 Å². The van der Waals surface area contributed by atoms with E-state index in [4.69, 9.17) is 14.2 Å². The Balaban J connectivity index is 2.09. The van der Waals surface area contributed by atoms with Gasteiger partial charge in [-0.3, -0.25) is 0 Å². The van der Waals surface area contributed by atoms with Crippen LogP contribution >= 0.6 is 11.8 Å². The summed E-state index contributed by atoms with van der Waals surface area (Å²) in [7, 11) is 1.61. The number of fused-ring (bicyclic) bond motifs is 1. The number of hydrogen-bond donors (Lipinski definition) is 0. The van der Waals surface area contributed by atoms with Gasteiger partial charge in [0.15, 0.2) is 16.7 Å². The summed E-state index contributed by atoms with van der Waals surface area (Å²) < 4.78 is 16.4. The molecule has 2 aliphatic rings. The number of esters is 1. The van der Waals surface area contributed by atoms with Crippen LogP contribution in [-0.4, -0.2) is 36.4 Å². The Kier molecular flexibility index (Phi) is 5.56. The normalized spacial score (nSPS) is 18.5. The first-order valence-electron chi connectivity index (χ1n) is 8.49. The van der Waals surface area contributed by atoms with Gasteiger partial charge in [0.05, 0.1) is 37.6 Å². The van der Waals surface area contributed by atoms with Crippen molar-refractivity contribution in [3.05, 3.63) is 46.6 Å². The zero-order valence-corrected chi connectivity index (χ0v) is 16.1. The molecule has 0 bridgehead atoms. The molecule has 1 aromatic rings. The summed E-state index contributed by atoms with van der Waals surface area (Å²) in [6.45, 7) is 6.43. The number of carbonyl (C=O) groups excluding carboxylic acids is 1. The SMILES string of the molecule is CCOC(=O)C1=C(C)N=C2SC=CN2C1c1ccc(OCC)c(OC)c1. The van der Waals surface area contributed by atoms with Crippen molar-refractivity contribution in [1.82, 2.24) is 4.90 Å². The monoisotopic (exact) mass is 374 g/mol. The number of benzene rings is 1. The van der Waals surface area contributed by atoms with Gasteiger partial charge in [0.25, 0.3) is 0 Å². The van der Waals surface area contributed by atoms with Crippen molar-refractivity contribution in [1.29, 1.82) is 0 Å². The van der Waals surface area contributed by atoms with Crippen molar-refractivity contribution in [3.63, 3.8) is 0 Å². The van der Waals surface area contributed by atoms with Gasteiger partial charge in [-0.15, -0.1) is 0 Å². The quantitative estimate of drug-likeness (QED) is 0.705. The Morgan fingerprint density at radius 2 is 2.08 bits per heavy atom. The number of rotatable bonds is 6. The number of thioether (sulfide) groups is 1. The lowest BCUT2D eigenvalue weighted by Gasteiger charge is -2.33. The van der Waals surface area contributed by atoms with Crippen LogP contribution in [-0.2, 0) is 9.53 Å². The van der Waals surface area contributed by atoms with Crippen LogP contribution in [0.15, 0.2) is 46.1 Å². The summed E-state index contributed by atoms with van der Waals surface area (Å²) in [5, 5.41) is 2.80. The molecule has 2 heterocycles. The molecule has 3 rings (SSSR count). The van der Waals surface area contributed by atoms with Crippen LogP contribution in [0.25, 0.3) is 0 Å². The number of nitrogens with zero attached hydrogens (tertiary/aromatic N) is 2. The van der Waals surface area contributed by atoms with E-state index >= 15 is 0 Å². The highest BCUT2D eigenvalue weighted by molar-refractivity contribution is 8.16. The number of hydrogen-bond acceptors (Lipinski definition) is 7. The summed E-state index contributed by atoms with van der Waals surface area (Å²) >= 11 is 1.53. The minimum absolute atomic E-state index is 0.316. The predicted octanol–water partition coefficient (Wildman–Crippen LogP) is 3.86. The first kappa shape index (κ1) is 18.4. The molecule has 0 aliphatic carbocycles. The highest BCUT2D eigenvalue weighted by Crippen LogP contribution is 2.43. The molecule has 1 aromatic carbocycles. The van der Waals surface area contributed by atoms with E-state index in [0.717, 1.165) is 10.7 Å². The lowest BCUT2D eigenvalue weighted by molar-refractivity contribution is -0.139. The van der Waals surface area contributed by atoms with Crippen LogP contribution < -0.4 is 9.47 Å². The number of ether oxygens (including phenoxy) is 3. The summed E-state index contributed by atoms with van der Waals surface area (Å²) in [6, 6.07) is 5.40. The van der Waals surface area contributed by atoms with Gasteiger partial charge in [0, 0.05) is 6.20 Å². The van der Waals surface area contributed by atoms with Crippen LogP contribution in [0.5, 0.6) is 11.5 Å². The third-order valence-electron chi connectivity index (χ3n) is 4.12. The lowest BCUT2D eigenvalue weighted by Crippen LogP contribution is -2.34. The summed E-state index contributed by atoms with van der Waals surface area (Å²) in [6.07, 6.45) is 1.93. The number of carbonyl (C=O) groups is 1. The average molecular weight is 374 g/mol. The maximum atomic E-state index is 12.6. The fourth-order valence-electron chi connectivity index (χ4n) is 3.03. The Morgan fingerprint density at radius 1 is 1.27 bits per heavy atom. The third-order valence-corrected chi connectivity index (χ3v) is 4.89. The summed E-state index contributed by atoms with van der Waals surface area (Å²) in [5.41, 5.74) is 2.12. The first-order valence-corrected chi connectivity index (χ1v) is 9.37. The van der Waals surface area contributed by atoms with Gasteiger partial charge in [0.2, 0.25) is 0 Å². The molecule has 0 saturated heterocycles. The number of aliphatic imine (C=N–C) groups is 1. The zero-order chi connectivity index (χ0) is 18.7. The maximum Gasteiger partial charge on any atom is 0.338 e. The van der Waals surface area contributed by atoms with Crippen LogP contribution in [0.2, 0.25) is 0 Å². The smallest absolute Gasteiger partial charge is 0.338 e. The fourth-order valence-corrected chi connectivity index (χ4v) is 3.82. The first-order chi connectivity index (χ1) is 12.6. The molecule has 0 aromatic heterocycles. The molecule has 1 atom stereocenters. The van der Waals surface area contributed by atoms with E-state index < -0.39 is 0 Å². The molecule has 1 unspecified atom stereocenters. The van der Waals surface area contributed by atoms with E-state index in [-0.39, 0.29) is 12.0 Å². The second-order valence-electron chi connectivity index (χ2n) is 5.67. The number of methoxy groups -OCH3 is 1.